The standard InChI is InChI=1S/C16H21IN2/c1-18-10-14(11-2-4-13(17)5-3-11)16-15(18)12-6-8-19(16)9-7-12/h2-5,12,14-16H,6-10H2,1H3. The van der Waals surface area contributed by atoms with E-state index in [1.165, 1.54) is 36.0 Å². The second-order valence-corrected chi connectivity index (χ2v) is 7.70. The zero-order valence-corrected chi connectivity index (χ0v) is 13.6. The van der Waals surface area contributed by atoms with Gasteiger partial charge in [-0.3, -0.25) is 4.90 Å². The topological polar surface area (TPSA) is 6.48 Å². The molecule has 4 fully saturated rings. The highest BCUT2D eigenvalue weighted by atomic mass is 127. The maximum atomic E-state index is 2.77. The van der Waals surface area contributed by atoms with Crippen LogP contribution in [0.2, 0.25) is 0 Å². The van der Waals surface area contributed by atoms with Crippen molar-refractivity contribution in [1.29, 1.82) is 0 Å². The lowest BCUT2D eigenvalue weighted by Crippen LogP contribution is -2.59. The molecule has 0 saturated carbocycles. The fourth-order valence-electron chi connectivity index (χ4n) is 4.72. The molecule has 2 nitrogen and oxygen atoms in total. The van der Waals surface area contributed by atoms with Gasteiger partial charge in [-0.05, 0) is 79.2 Å². The zero-order valence-electron chi connectivity index (χ0n) is 11.4. The van der Waals surface area contributed by atoms with Gasteiger partial charge < -0.3 is 4.90 Å². The van der Waals surface area contributed by atoms with Crippen LogP contribution in [-0.2, 0) is 0 Å². The average Bonchev–Trinajstić information content (AvgIpc) is 2.81. The van der Waals surface area contributed by atoms with Crippen LogP contribution >= 0.6 is 22.6 Å². The number of piperidine rings is 3. The first-order valence-electron chi connectivity index (χ1n) is 7.44. The second-order valence-electron chi connectivity index (χ2n) is 6.45. The third-order valence-electron chi connectivity index (χ3n) is 5.53. The molecular formula is C16H21IN2. The van der Waals surface area contributed by atoms with E-state index in [4.69, 9.17) is 0 Å². The summed E-state index contributed by atoms with van der Waals surface area (Å²) in [5.74, 6) is 1.67. The SMILES string of the molecule is CN1CC(c2ccc(I)cc2)C2C1C1CCN2CC1. The van der Waals surface area contributed by atoms with E-state index in [-0.39, 0.29) is 0 Å². The summed E-state index contributed by atoms with van der Waals surface area (Å²) in [5, 5.41) is 0. The molecule has 4 saturated heterocycles. The molecule has 3 unspecified atom stereocenters. The van der Waals surface area contributed by atoms with Crippen LogP contribution in [0.1, 0.15) is 24.3 Å². The van der Waals surface area contributed by atoms with E-state index in [1.807, 2.05) is 0 Å². The largest absolute Gasteiger partial charge is 0.301 e. The monoisotopic (exact) mass is 368 g/mol. The summed E-state index contributed by atoms with van der Waals surface area (Å²) in [4.78, 5) is 5.42. The molecule has 1 aromatic carbocycles. The Labute approximate surface area is 129 Å². The summed E-state index contributed by atoms with van der Waals surface area (Å²) in [6, 6.07) is 10.8. The van der Waals surface area contributed by atoms with Crippen LogP contribution in [0.3, 0.4) is 0 Å². The van der Waals surface area contributed by atoms with Gasteiger partial charge in [-0.25, -0.2) is 0 Å². The molecule has 19 heavy (non-hydrogen) atoms. The minimum Gasteiger partial charge on any atom is -0.301 e. The van der Waals surface area contributed by atoms with Gasteiger partial charge in [-0.15, -0.1) is 0 Å². The molecule has 0 N–H and O–H groups in total. The maximum Gasteiger partial charge on any atom is 0.0335 e. The summed E-state index contributed by atoms with van der Waals surface area (Å²) in [6.45, 7) is 3.91. The van der Waals surface area contributed by atoms with Gasteiger partial charge in [0.15, 0.2) is 0 Å². The quantitative estimate of drug-likeness (QED) is 0.704. The molecule has 0 spiro atoms. The highest BCUT2D eigenvalue weighted by Crippen LogP contribution is 2.45. The summed E-state index contributed by atoms with van der Waals surface area (Å²) in [6.07, 6.45) is 2.84. The van der Waals surface area contributed by atoms with Gasteiger partial charge in [0.2, 0.25) is 0 Å². The molecule has 0 aliphatic carbocycles. The second kappa shape index (κ2) is 4.71. The first kappa shape index (κ1) is 12.6. The Balaban J connectivity index is 1.68. The fourth-order valence-corrected chi connectivity index (χ4v) is 5.08. The van der Waals surface area contributed by atoms with Gasteiger partial charge >= 0.3 is 0 Å². The number of halogens is 1. The molecule has 4 aliphatic rings. The number of fused-ring (bicyclic) bond motifs is 2. The smallest absolute Gasteiger partial charge is 0.0335 e. The lowest BCUT2D eigenvalue weighted by atomic mass is 9.75. The van der Waals surface area contributed by atoms with Crippen molar-refractivity contribution in [3.05, 3.63) is 33.4 Å². The van der Waals surface area contributed by atoms with E-state index in [0.29, 0.717) is 0 Å². The Kier molecular flexibility index (Phi) is 3.12. The van der Waals surface area contributed by atoms with Crippen molar-refractivity contribution in [3.8, 4) is 0 Å². The van der Waals surface area contributed by atoms with Crippen molar-refractivity contribution >= 4 is 22.6 Å². The molecule has 2 bridgehead atoms. The Morgan fingerprint density at radius 2 is 1.74 bits per heavy atom. The summed E-state index contributed by atoms with van der Waals surface area (Å²) in [7, 11) is 2.34. The number of likely N-dealkylation sites (N-methyl/N-ethyl adjacent to an activating group) is 1. The van der Waals surface area contributed by atoms with Gasteiger partial charge in [0.25, 0.3) is 0 Å². The van der Waals surface area contributed by atoms with Gasteiger partial charge in [0.1, 0.15) is 0 Å². The van der Waals surface area contributed by atoms with Gasteiger partial charge in [-0.2, -0.15) is 0 Å². The number of nitrogens with zero attached hydrogens (tertiary/aromatic N) is 2. The Hall–Kier alpha value is -0.130. The molecule has 1 aromatic rings. The highest BCUT2D eigenvalue weighted by Gasteiger charge is 2.51. The van der Waals surface area contributed by atoms with Crippen molar-refractivity contribution in [2.45, 2.75) is 30.8 Å². The van der Waals surface area contributed by atoms with Crippen molar-refractivity contribution in [1.82, 2.24) is 9.80 Å². The van der Waals surface area contributed by atoms with Crippen molar-refractivity contribution in [2.24, 2.45) is 5.92 Å². The molecule has 102 valence electrons. The van der Waals surface area contributed by atoms with Crippen molar-refractivity contribution < 1.29 is 0 Å². The van der Waals surface area contributed by atoms with Gasteiger partial charge in [0.05, 0.1) is 0 Å². The minimum absolute atomic E-state index is 0.718. The number of rotatable bonds is 1. The summed E-state index contributed by atoms with van der Waals surface area (Å²) >= 11 is 2.40. The van der Waals surface area contributed by atoms with E-state index < -0.39 is 0 Å². The number of hydrogen-bond donors (Lipinski definition) is 0. The van der Waals surface area contributed by atoms with Crippen LogP contribution in [0.25, 0.3) is 0 Å². The molecule has 5 rings (SSSR count). The molecule has 3 atom stereocenters. The maximum absolute atomic E-state index is 2.77. The molecule has 0 radical (unpaired) electrons. The molecule has 3 heteroatoms. The number of benzene rings is 1. The molecule has 0 aromatic heterocycles. The fraction of sp³-hybridized carbons (Fsp3) is 0.625. The normalized spacial score (nSPS) is 41.5. The molecule has 0 amide bonds. The van der Waals surface area contributed by atoms with E-state index >= 15 is 0 Å². The zero-order chi connectivity index (χ0) is 13.0. The van der Waals surface area contributed by atoms with E-state index in [2.05, 4.69) is 63.7 Å². The lowest BCUT2D eigenvalue weighted by Gasteiger charge is -2.51. The molecule has 4 heterocycles. The van der Waals surface area contributed by atoms with Crippen LogP contribution in [0.4, 0.5) is 0 Å². The lowest BCUT2D eigenvalue weighted by molar-refractivity contribution is 0.000200. The van der Waals surface area contributed by atoms with E-state index in [1.54, 1.807) is 5.56 Å². The van der Waals surface area contributed by atoms with E-state index in [0.717, 1.165) is 23.9 Å². The summed E-state index contributed by atoms with van der Waals surface area (Å²) < 4.78 is 1.34. The Morgan fingerprint density at radius 1 is 1.05 bits per heavy atom. The van der Waals surface area contributed by atoms with Crippen molar-refractivity contribution in [2.75, 3.05) is 26.7 Å². The van der Waals surface area contributed by atoms with Crippen LogP contribution in [-0.4, -0.2) is 48.6 Å². The Bertz CT molecular complexity index is 464. The third kappa shape index (κ3) is 1.96. The number of likely N-dealkylation sites (tertiary alicyclic amines) is 1. The van der Waals surface area contributed by atoms with Crippen LogP contribution in [0.5, 0.6) is 0 Å². The van der Waals surface area contributed by atoms with Crippen LogP contribution < -0.4 is 0 Å². The highest BCUT2D eigenvalue weighted by molar-refractivity contribution is 14.1. The third-order valence-corrected chi connectivity index (χ3v) is 6.25. The van der Waals surface area contributed by atoms with Gasteiger partial charge in [0, 0.05) is 28.1 Å². The molecule has 4 aliphatic heterocycles. The summed E-state index contributed by atoms with van der Waals surface area (Å²) in [5.41, 5.74) is 1.55. The number of hydrogen-bond acceptors (Lipinski definition) is 2. The van der Waals surface area contributed by atoms with Crippen LogP contribution in [0.15, 0.2) is 24.3 Å². The Morgan fingerprint density at radius 3 is 2.42 bits per heavy atom. The minimum atomic E-state index is 0.718. The first-order chi connectivity index (χ1) is 9.24. The predicted molar refractivity (Wildman–Crippen MR) is 86.4 cm³/mol. The van der Waals surface area contributed by atoms with Crippen LogP contribution in [0, 0.1) is 9.49 Å². The van der Waals surface area contributed by atoms with Crippen molar-refractivity contribution in [3.63, 3.8) is 0 Å². The van der Waals surface area contributed by atoms with Gasteiger partial charge in [-0.1, -0.05) is 12.1 Å². The predicted octanol–water partition coefficient (Wildman–Crippen LogP) is 2.78. The molecular weight excluding hydrogens is 347 g/mol. The average molecular weight is 368 g/mol. The van der Waals surface area contributed by atoms with E-state index in [9.17, 15) is 0 Å². The first-order valence-corrected chi connectivity index (χ1v) is 8.51.